The Labute approximate surface area is 195 Å². The highest BCUT2D eigenvalue weighted by Crippen LogP contribution is 2.45. The average Bonchev–Trinajstić information content (AvgIpc) is 3.68. The van der Waals surface area contributed by atoms with Gasteiger partial charge in [-0.1, -0.05) is 20.4 Å². The number of nitrogens with zero attached hydrogens (tertiary/aromatic N) is 5. The van der Waals surface area contributed by atoms with Crippen molar-refractivity contribution in [2.75, 3.05) is 38.3 Å². The molecule has 1 saturated carbocycles. The van der Waals surface area contributed by atoms with Crippen LogP contribution in [-0.2, 0) is 9.53 Å². The Morgan fingerprint density at radius 3 is 2.79 bits per heavy atom. The lowest BCUT2D eigenvalue weighted by atomic mass is 9.97. The molecule has 1 amide bonds. The Balaban J connectivity index is 1.71. The fourth-order valence-corrected chi connectivity index (χ4v) is 4.56. The minimum absolute atomic E-state index is 0.00837. The van der Waals surface area contributed by atoms with Gasteiger partial charge in [0, 0.05) is 44.4 Å². The fraction of sp³-hybridized carbons (Fsp3) is 0.462. The van der Waals surface area contributed by atoms with Gasteiger partial charge in [-0.3, -0.25) is 9.78 Å². The third kappa shape index (κ3) is 4.76. The number of rotatable bonds is 7. The lowest BCUT2D eigenvalue weighted by Crippen LogP contribution is -2.58. The first kappa shape index (κ1) is 22.9. The minimum Gasteiger partial charge on any atom is -0.375 e. The van der Waals surface area contributed by atoms with Crippen LogP contribution in [0.5, 0.6) is 0 Å². The van der Waals surface area contributed by atoms with E-state index in [1.807, 2.05) is 23.1 Å². The summed E-state index contributed by atoms with van der Waals surface area (Å²) in [5.41, 5.74) is 4.41. The summed E-state index contributed by atoms with van der Waals surface area (Å²) in [6.07, 6.45) is 5.72. The highest BCUT2D eigenvalue weighted by molar-refractivity contribution is 5.78. The molecule has 33 heavy (non-hydrogen) atoms. The molecule has 1 atom stereocenters. The van der Waals surface area contributed by atoms with Crippen LogP contribution < -0.4 is 4.90 Å². The Bertz CT molecular complexity index is 1090. The molecule has 0 N–H and O–H groups in total. The van der Waals surface area contributed by atoms with Gasteiger partial charge >= 0.3 is 0 Å². The molecule has 1 aliphatic carbocycles. The summed E-state index contributed by atoms with van der Waals surface area (Å²) in [5.74, 6) is 1.42. The van der Waals surface area contributed by atoms with Crippen LogP contribution in [0.4, 0.5) is 5.82 Å². The van der Waals surface area contributed by atoms with Crippen molar-refractivity contribution in [1.82, 2.24) is 14.9 Å². The number of carbonyl (C=O) groups excluding carboxylic acids is 1. The summed E-state index contributed by atoms with van der Waals surface area (Å²) in [6, 6.07) is 8.35. The molecule has 0 spiro atoms. The van der Waals surface area contributed by atoms with E-state index in [0.717, 1.165) is 41.2 Å². The fourth-order valence-electron chi connectivity index (χ4n) is 4.56. The van der Waals surface area contributed by atoms with Gasteiger partial charge in [0.15, 0.2) is 0 Å². The topological polar surface area (TPSA) is 82.4 Å². The molecule has 0 radical (unpaired) electrons. The number of hydrogen-bond acceptors (Lipinski definition) is 6. The van der Waals surface area contributed by atoms with Crippen LogP contribution in [0, 0.1) is 17.2 Å². The normalized spacial score (nSPS) is 18.3. The highest BCUT2D eigenvalue weighted by Gasteiger charge is 2.35. The van der Waals surface area contributed by atoms with E-state index in [0.29, 0.717) is 31.1 Å². The van der Waals surface area contributed by atoms with E-state index in [4.69, 9.17) is 9.72 Å². The molecule has 7 nitrogen and oxygen atoms in total. The third-order valence-corrected chi connectivity index (χ3v) is 6.49. The lowest BCUT2D eigenvalue weighted by Gasteiger charge is -2.44. The molecule has 172 valence electrons. The second kappa shape index (κ2) is 9.72. The van der Waals surface area contributed by atoms with Crippen LogP contribution in [0.15, 0.2) is 31.0 Å². The number of ether oxygens (including phenoxy) is 1. The first-order valence-corrected chi connectivity index (χ1v) is 11.5. The van der Waals surface area contributed by atoms with Gasteiger partial charge in [-0.15, -0.1) is 0 Å². The van der Waals surface area contributed by atoms with Crippen LogP contribution in [0.3, 0.4) is 0 Å². The molecule has 1 saturated heterocycles. The summed E-state index contributed by atoms with van der Waals surface area (Å²) in [5, 5.41) is 10.0. The first-order valence-electron chi connectivity index (χ1n) is 11.5. The molecule has 3 heterocycles. The Morgan fingerprint density at radius 2 is 2.15 bits per heavy atom. The number of piperazine rings is 1. The zero-order valence-electron chi connectivity index (χ0n) is 19.6. The molecule has 1 unspecified atom stereocenters. The van der Waals surface area contributed by atoms with Crippen molar-refractivity contribution in [2.45, 2.75) is 38.6 Å². The van der Waals surface area contributed by atoms with Crippen LogP contribution in [-0.4, -0.2) is 60.2 Å². The molecular formula is C26H31N5O2. The number of carbonyl (C=O) groups is 1. The Hall–Kier alpha value is -3.24. The molecule has 0 aromatic carbocycles. The maximum Gasteiger partial charge on any atom is 0.248 e. The zero-order chi connectivity index (χ0) is 23.5. The summed E-state index contributed by atoms with van der Waals surface area (Å²) < 4.78 is 5.08. The number of methoxy groups -OCH3 is 1. The summed E-state index contributed by atoms with van der Waals surface area (Å²) in [4.78, 5) is 26.1. The van der Waals surface area contributed by atoms with E-state index in [9.17, 15) is 10.1 Å². The lowest BCUT2D eigenvalue weighted by molar-refractivity contribution is -0.139. The van der Waals surface area contributed by atoms with Crippen LogP contribution >= 0.6 is 0 Å². The van der Waals surface area contributed by atoms with Gasteiger partial charge < -0.3 is 14.5 Å². The van der Waals surface area contributed by atoms with Crippen LogP contribution in [0.25, 0.3) is 17.2 Å². The standard InChI is InChI=1S/C26H31N5O2/c1-5-21-12-19(8-9-28-21)22-13-20(14-27)26(29-25(22)18-6-7-18)30-10-11-31(24(32)16-33-4)23(15-30)17(2)3/h5,8-9,12-13,17-18,23H,1,6-7,10-11,15-16H2,2-4H3. The molecule has 0 bridgehead atoms. The first-order chi connectivity index (χ1) is 16.0. The van der Waals surface area contributed by atoms with Gasteiger partial charge in [-0.25, -0.2) is 4.98 Å². The average molecular weight is 446 g/mol. The number of nitriles is 1. The Morgan fingerprint density at radius 1 is 1.36 bits per heavy atom. The predicted molar refractivity (Wildman–Crippen MR) is 129 cm³/mol. The van der Waals surface area contributed by atoms with Crippen molar-refractivity contribution in [3.63, 3.8) is 0 Å². The zero-order valence-corrected chi connectivity index (χ0v) is 19.6. The van der Waals surface area contributed by atoms with Crippen molar-refractivity contribution < 1.29 is 9.53 Å². The van der Waals surface area contributed by atoms with Crippen molar-refractivity contribution in [2.24, 2.45) is 5.92 Å². The second-order valence-corrected chi connectivity index (χ2v) is 9.13. The highest BCUT2D eigenvalue weighted by atomic mass is 16.5. The van der Waals surface area contributed by atoms with E-state index in [-0.39, 0.29) is 24.5 Å². The monoisotopic (exact) mass is 445 g/mol. The quantitative estimate of drug-likeness (QED) is 0.644. The van der Waals surface area contributed by atoms with E-state index in [1.165, 1.54) is 0 Å². The molecule has 4 rings (SSSR count). The van der Waals surface area contributed by atoms with Gasteiger partial charge in [0.25, 0.3) is 0 Å². The number of hydrogen-bond donors (Lipinski definition) is 0. The molecule has 7 heteroatoms. The Kier molecular flexibility index (Phi) is 6.75. The summed E-state index contributed by atoms with van der Waals surface area (Å²) in [6.45, 7) is 10.0. The molecule has 1 aliphatic heterocycles. The maximum atomic E-state index is 12.6. The second-order valence-electron chi connectivity index (χ2n) is 9.13. The number of pyridine rings is 2. The van der Waals surface area contributed by atoms with Crippen LogP contribution in [0.2, 0.25) is 0 Å². The molecule has 2 fully saturated rings. The van der Waals surface area contributed by atoms with E-state index >= 15 is 0 Å². The number of amides is 1. The smallest absolute Gasteiger partial charge is 0.248 e. The van der Waals surface area contributed by atoms with Gasteiger partial charge in [0.05, 0.1) is 23.0 Å². The van der Waals surface area contributed by atoms with Crippen molar-refractivity contribution >= 4 is 17.8 Å². The maximum absolute atomic E-state index is 12.6. The van der Waals surface area contributed by atoms with Gasteiger partial charge in [-0.05, 0) is 48.6 Å². The molecule has 2 aromatic rings. The summed E-state index contributed by atoms with van der Waals surface area (Å²) >= 11 is 0. The number of aromatic nitrogens is 2. The van der Waals surface area contributed by atoms with Crippen molar-refractivity contribution in [3.05, 3.63) is 47.9 Å². The molecule has 2 aliphatic rings. The van der Waals surface area contributed by atoms with Gasteiger partial charge in [0.2, 0.25) is 5.91 Å². The molecule has 2 aromatic heterocycles. The molecular weight excluding hydrogens is 414 g/mol. The van der Waals surface area contributed by atoms with Gasteiger partial charge in [0.1, 0.15) is 18.5 Å². The number of anilines is 1. The van der Waals surface area contributed by atoms with Crippen molar-refractivity contribution in [1.29, 1.82) is 5.26 Å². The van der Waals surface area contributed by atoms with Crippen LogP contribution in [0.1, 0.15) is 49.6 Å². The van der Waals surface area contributed by atoms with E-state index in [2.05, 4.69) is 36.4 Å². The van der Waals surface area contributed by atoms with E-state index < -0.39 is 0 Å². The van der Waals surface area contributed by atoms with Gasteiger partial charge in [-0.2, -0.15) is 5.26 Å². The third-order valence-electron chi connectivity index (χ3n) is 6.49. The minimum atomic E-state index is 0.00837. The predicted octanol–water partition coefficient (Wildman–Crippen LogP) is 3.86. The van der Waals surface area contributed by atoms with E-state index in [1.54, 1.807) is 19.4 Å². The SMILES string of the molecule is C=Cc1cc(-c2cc(C#N)c(N3CCN(C(=O)COC)C(C(C)C)C3)nc2C2CC2)ccn1. The summed E-state index contributed by atoms with van der Waals surface area (Å²) in [7, 11) is 1.55. The van der Waals surface area contributed by atoms with Crippen molar-refractivity contribution in [3.8, 4) is 17.2 Å². The largest absolute Gasteiger partial charge is 0.375 e.